The van der Waals surface area contributed by atoms with Gasteiger partial charge in [-0.05, 0) is 95.1 Å². The van der Waals surface area contributed by atoms with E-state index in [4.69, 9.17) is 11.6 Å². The predicted octanol–water partition coefficient (Wildman–Crippen LogP) is 11.6. The first-order valence-corrected chi connectivity index (χ1v) is 14.7. The molecule has 1 aliphatic carbocycles. The topological polar surface area (TPSA) is 6.48 Å². The van der Waals surface area contributed by atoms with E-state index in [1.54, 1.807) is 0 Å². The van der Waals surface area contributed by atoms with Crippen LogP contribution in [0.3, 0.4) is 0 Å². The standard InChI is InChI=1S/C39H31ClN2/c1-39(2)37-22-10-9-21-35(37)36-27-34(23-24-38(36)39)42(30-16-7-4-8-17-30)33-20-12-19-32(26-33)41(29-14-5-3-6-15-29)31-18-11-13-28(40)25-31/h3-27H,1-2H3. The summed E-state index contributed by atoms with van der Waals surface area (Å²) in [5.74, 6) is 0. The fraction of sp³-hybridized carbons (Fsp3) is 0.0769. The number of halogens is 1. The van der Waals surface area contributed by atoms with Crippen molar-refractivity contribution in [3.8, 4) is 11.1 Å². The van der Waals surface area contributed by atoms with Crippen LogP contribution in [0.15, 0.2) is 152 Å². The number of nitrogens with zero attached hydrogens (tertiary/aromatic N) is 2. The fourth-order valence-electron chi connectivity index (χ4n) is 6.28. The maximum absolute atomic E-state index is 6.47. The maximum atomic E-state index is 6.47. The number of fused-ring (bicyclic) bond motifs is 3. The number of hydrogen-bond acceptors (Lipinski definition) is 2. The Morgan fingerprint density at radius 2 is 0.881 bits per heavy atom. The minimum absolute atomic E-state index is 0.0326. The molecule has 0 radical (unpaired) electrons. The third-order valence-electron chi connectivity index (χ3n) is 8.27. The molecule has 6 aromatic rings. The Balaban J connectivity index is 1.39. The number of rotatable bonds is 6. The summed E-state index contributed by atoms with van der Waals surface area (Å²) in [6.07, 6.45) is 0. The van der Waals surface area contributed by atoms with Crippen molar-refractivity contribution in [1.82, 2.24) is 0 Å². The normalized spacial score (nSPS) is 12.8. The van der Waals surface area contributed by atoms with E-state index >= 15 is 0 Å². The van der Waals surface area contributed by atoms with Crippen LogP contribution in [0.2, 0.25) is 5.02 Å². The Morgan fingerprint density at radius 1 is 0.405 bits per heavy atom. The zero-order valence-electron chi connectivity index (χ0n) is 23.7. The van der Waals surface area contributed by atoms with Gasteiger partial charge in [0, 0.05) is 44.6 Å². The molecular formula is C39H31ClN2. The van der Waals surface area contributed by atoms with Crippen LogP contribution in [0.4, 0.5) is 34.1 Å². The Kier molecular flexibility index (Phi) is 6.57. The molecule has 0 heterocycles. The highest BCUT2D eigenvalue weighted by atomic mass is 35.5. The molecule has 204 valence electrons. The molecule has 7 rings (SSSR count). The Labute approximate surface area is 253 Å². The summed E-state index contributed by atoms with van der Waals surface area (Å²) in [5.41, 5.74) is 11.8. The van der Waals surface area contributed by atoms with Crippen LogP contribution in [0.1, 0.15) is 25.0 Å². The van der Waals surface area contributed by atoms with E-state index in [1.807, 2.05) is 24.3 Å². The van der Waals surface area contributed by atoms with E-state index in [-0.39, 0.29) is 5.41 Å². The first-order chi connectivity index (χ1) is 20.5. The maximum Gasteiger partial charge on any atom is 0.0482 e. The fourth-order valence-corrected chi connectivity index (χ4v) is 6.47. The quantitative estimate of drug-likeness (QED) is 0.199. The predicted molar refractivity (Wildman–Crippen MR) is 178 cm³/mol. The van der Waals surface area contributed by atoms with Gasteiger partial charge in [0.15, 0.2) is 0 Å². The van der Waals surface area contributed by atoms with Gasteiger partial charge in [0.05, 0.1) is 0 Å². The van der Waals surface area contributed by atoms with Crippen molar-refractivity contribution in [3.63, 3.8) is 0 Å². The average Bonchev–Trinajstić information content (AvgIpc) is 3.25. The van der Waals surface area contributed by atoms with Gasteiger partial charge in [-0.2, -0.15) is 0 Å². The zero-order valence-corrected chi connectivity index (χ0v) is 24.5. The molecule has 42 heavy (non-hydrogen) atoms. The lowest BCUT2D eigenvalue weighted by atomic mass is 9.82. The van der Waals surface area contributed by atoms with Crippen LogP contribution in [0.5, 0.6) is 0 Å². The number of benzene rings is 6. The summed E-state index contributed by atoms with van der Waals surface area (Å²) in [6.45, 7) is 4.65. The Hall–Kier alpha value is -4.79. The molecule has 1 aliphatic rings. The van der Waals surface area contributed by atoms with E-state index in [2.05, 4.69) is 151 Å². The van der Waals surface area contributed by atoms with Gasteiger partial charge in [0.2, 0.25) is 0 Å². The van der Waals surface area contributed by atoms with E-state index in [9.17, 15) is 0 Å². The van der Waals surface area contributed by atoms with Gasteiger partial charge in [-0.15, -0.1) is 0 Å². The highest BCUT2D eigenvalue weighted by molar-refractivity contribution is 6.30. The second kappa shape index (κ2) is 10.6. The van der Waals surface area contributed by atoms with Gasteiger partial charge in [0.25, 0.3) is 0 Å². The molecule has 0 bridgehead atoms. The summed E-state index contributed by atoms with van der Waals surface area (Å²) >= 11 is 6.47. The van der Waals surface area contributed by atoms with Crippen LogP contribution < -0.4 is 9.80 Å². The molecule has 0 aromatic heterocycles. The molecule has 0 spiro atoms. The van der Waals surface area contributed by atoms with Crippen molar-refractivity contribution in [2.24, 2.45) is 0 Å². The SMILES string of the molecule is CC1(C)c2ccccc2-c2cc(N(c3ccccc3)c3cccc(N(c4ccccc4)c4cccc(Cl)c4)c3)ccc21. The summed E-state index contributed by atoms with van der Waals surface area (Å²) in [4.78, 5) is 4.60. The third-order valence-corrected chi connectivity index (χ3v) is 8.50. The van der Waals surface area contributed by atoms with Gasteiger partial charge in [-0.3, -0.25) is 0 Å². The van der Waals surface area contributed by atoms with E-state index in [0.29, 0.717) is 5.02 Å². The highest BCUT2D eigenvalue weighted by Gasteiger charge is 2.35. The van der Waals surface area contributed by atoms with Gasteiger partial charge in [-0.25, -0.2) is 0 Å². The second-order valence-corrected chi connectivity index (χ2v) is 11.7. The second-order valence-electron chi connectivity index (χ2n) is 11.2. The molecular weight excluding hydrogens is 532 g/mol. The van der Waals surface area contributed by atoms with Crippen molar-refractivity contribution < 1.29 is 0 Å². The van der Waals surface area contributed by atoms with Crippen LogP contribution in [-0.4, -0.2) is 0 Å². The Bertz CT molecular complexity index is 1880. The molecule has 0 fully saturated rings. The van der Waals surface area contributed by atoms with Crippen LogP contribution in [0, 0.1) is 0 Å². The molecule has 0 unspecified atom stereocenters. The number of para-hydroxylation sites is 2. The average molecular weight is 563 g/mol. The lowest BCUT2D eigenvalue weighted by molar-refractivity contribution is 0.660. The first kappa shape index (κ1) is 26.1. The third kappa shape index (κ3) is 4.55. The van der Waals surface area contributed by atoms with E-state index in [1.165, 1.54) is 22.3 Å². The molecule has 2 nitrogen and oxygen atoms in total. The van der Waals surface area contributed by atoms with Crippen molar-refractivity contribution >= 4 is 45.7 Å². The highest BCUT2D eigenvalue weighted by Crippen LogP contribution is 2.50. The minimum Gasteiger partial charge on any atom is -0.310 e. The van der Waals surface area contributed by atoms with Crippen molar-refractivity contribution in [3.05, 3.63) is 168 Å². The molecule has 3 heteroatoms. The molecule has 0 saturated heterocycles. The van der Waals surface area contributed by atoms with Gasteiger partial charge in [-0.1, -0.05) is 104 Å². The van der Waals surface area contributed by atoms with E-state index < -0.39 is 0 Å². The Morgan fingerprint density at radius 3 is 1.50 bits per heavy atom. The van der Waals surface area contributed by atoms with Crippen molar-refractivity contribution in [1.29, 1.82) is 0 Å². The molecule has 0 saturated carbocycles. The zero-order chi connectivity index (χ0) is 28.7. The van der Waals surface area contributed by atoms with Crippen LogP contribution in [-0.2, 0) is 5.41 Å². The number of hydrogen-bond donors (Lipinski definition) is 0. The molecule has 0 N–H and O–H groups in total. The smallest absolute Gasteiger partial charge is 0.0482 e. The van der Waals surface area contributed by atoms with Crippen LogP contribution in [0.25, 0.3) is 11.1 Å². The first-order valence-electron chi connectivity index (χ1n) is 14.3. The van der Waals surface area contributed by atoms with Gasteiger partial charge >= 0.3 is 0 Å². The number of anilines is 6. The van der Waals surface area contributed by atoms with Crippen molar-refractivity contribution in [2.45, 2.75) is 19.3 Å². The summed E-state index contributed by atoms with van der Waals surface area (Å²) in [5, 5.41) is 0.705. The molecule has 0 amide bonds. The van der Waals surface area contributed by atoms with Gasteiger partial charge < -0.3 is 9.80 Å². The molecule has 0 aliphatic heterocycles. The molecule has 6 aromatic carbocycles. The van der Waals surface area contributed by atoms with Crippen molar-refractivity contribution in [2.75, 3.05) is 9.80 Å². The van der Waals surface area contributed by atoms with Gasteiger partial charge in [0.1, 0.15) is 0 Å². The van der Waals surface area contributed by atoms with Crippen LogP contribution >= 0.6 is 11.6 Å². The molecule has 0 atom stereocenters. The lowest BCUT2D eigenvalue weighted by Gasteiger charge is -2.30. The summed E-state index contributed by atoms with van der Waals surface area (Å²) < 4.78 is 0. The summed E-state index contributed by atoms with van der Waals surface area (Å²) in [7, 11) is 0. The monoisotopic (exact) mass is 562 g/mol. The summed E-state index contributed by atoms with van der Waals surface area (Å²) in [6, 6.07) is 53.5. The lowest BCUT2D eigenvalue weighted by Crippen LogP contribution is -2.15. The largest absolute Gasteiger partial charge is 0.310 e. The van der Waals surface area contributed by atoms with E-state index in [0.717, 1.165) is 34.1 Å². The minimum atomic E-state index is -0.0326.